The van der Waals surface area contributed by atoms with Crippen molar-refractivity contribution in [2.45, 2.75) is 13.1 Å². The van der Waals surface area contributed by atoms with Gasteiger partial charge in [0.2, 0.25) is 0 Å². The third-order valence-corrected chi connectivity index (χ3v) is 5.50. The van der Waals surface area contributed by atoms with Crippen LogP contribution in [0, 0.1) is 0 Å². The number of ether oxygens (including phenoxy) is 1. The molecule has 3 aromatic heterocycles. The van der Waals surface area contributed by atoms with Crippen LogP contribution < -0.4 is 26.6 Å². The average molecular weight is 460 g/mol. The molecular weight excluding hydrogens is 436 g/mol. The molecule has 0 saturated carbocycles. The molecule has 10 nitrogen and oxygen atoms in total. The molecule has 0 aliphatic heterocycles. The number of carbonyl (C=O) groups is 1. The third kappa shape index (κ3) is 4.51. The predicted octanol–water partition coefficient (Wildman–Crippen LogP) is 1.52. The van der Waals surface area contributed by atoms with Gasteiger partial charge in [-0.1, -0.05) is 12.1 Å². The highest BCUT2D eigenvalue weighted by molar-refractivity contribution is 5.95. The van der Waals surface area contributed by atoms with E-state index in [1.165, 1.54) is 16.8 Å². The maximum atomic E-state index is 13.2. The van der Waals surface area contributed by atoms with Crippen LogP contribution >= 0.6 is 0 Å². The summed E-state index contributed by atoms with van der Waals surface area (Å²) < 4.78 is 7.65. The summed E-state index contributed by atoms with van der Waals surface area (Å²) in [6, 6.07) is 12.1. The van der Waals surface area contributed by atoms with Crippen molar-refractivity contribution in [2.24, 2.45) is 7.05 Å². The summed E-state index contributed by atoms with van der Waals surface area (Å²) in [7, 11) is 4.90. The van der Waals surface area contributed by atoms with Crippen molar-refractivity contribution in [3.05, 3.63) is 92.5 Å². The van der Waals surface area contributed by atoms with E-state index in [0.717, 1.165) is 15.7 Å². The molecule has 0 radical (unpaired) electrons. The molecule has 0 bridgehead atoms. The molecule has 3 heterocycles. The number of hydrogen-bond acceptors (Lipinski definition) is 7. The number of benzene rings is 1. The molecule has 0 spiro atoms. The van der Waals surface area contributed by atoms with Gasteiger partial charge >= 0.3 is 5.69 Å². The second-order valence-corrected chi connectivity index (χ2v) is 7.65. The molecule has 0 unspecified atom stereocenters. The maximum absolute atomic E-state index is 13.2. The molecule has 0 saturated heterocycles. The highest BCUT2D eigenvalue weighted by Crippen LogP contribution is 2.13. The number of pyridine rings is 2. The molecular formula is C24H24N6O4. The SMILES string of the molecule is CNc1cc(CNC(=O)c2cc3c(=O)n(Cc4ccc(OC)cc4)c(=O)n(C)c3cn2)ccn1. The van der Waals surface area contributed by atoms with Crippen molar-refractivity contribution >= 4 is 22.6 Å². The van der Waals surface area contributed by atoms with Gasteiger partial charge in [-0.15, -0.1) is 0 Å². The van der Waals surface area contributed by atoms with Crippen LogP contribution in [0.5, 0.6) is 5.75 Å². The van der Waals surface area contributed by atoms with Gasteiger partial charge in [-0.25, -0.2) is 14.8 Å². The maximum Gasteiger partial charge on any atom is 0.331 e. The van der Waals surface area contributed by atoms with Gasteiger partial charge in [0.15, 0.2) is 0 Å². The number of hydrogen-bond donors (Lipinski definition) is 2. The normalized spacial score (nSPS) is 10.8. The van der Waals surface area contributed by atoms with E-state index in [0.29, 0.717) is 17.1 Å². The molecule has 0 aliphatic rings. The molecule has 10 heteroatoms. The number of rotatable bonds is 7. The Kier molecular flexibility index (Phi) is 6.39. The zero-order valence-corrected chi connectivity index (χ0v) is 19.0. The van der Waals surface area contributed by atoms with Crippen LogP contribution in [0.3, 0.4) is 0 Å². The largest absolute Gasteiger partial charge is 0.497 e. The van der Waals surface area contributed by atoms with E-state index >= 15 is 0 Å². The Bertz CT molecular complexity index is 1470. The highest BCUT2D eigenvalue weighted by atomic mass is 16.5. The quantitative estimate of drug-likeness (QED) is 0.429. The van der Waals surface area contributed by atoms with Gasteiger partial charge in [-0.05, 0) is 41.5 Å². The number of amides is 1. The first-order chi connectivity index (χ1) is 16.4. The first kappa shape index (κ1) is 22.7. The lowest BCUT2D eigenvalue weighted by molar-refractivity contribution is 0.0946. The first-order valence-electron chi connectivity index (χ1n) is 10.5. The van der Waals surface area contributed by atoms with Crippen molar-refractivity contribution in [3.63, 3.8) is 0 Å². The third-order valence-electron chi connectivity index (χ3n) is 5.50. The van der Waals surface area contributed by atoms with Crippen LogP contribution in [0.2, 0.25) is 0 Å². The summed E-state index contributed by atoms with van der Waals surface area (Å²) in [6.45, 7) is 0.357. The number of nitrogens with one attached hydrogen (secondary N) is 2. The number of carbonyl (C=O) groups excluding carboxylic acids is 1. The van der Waals surface area contributed by atoms with Gasteiger partial charge in [0.1, 0.15) is 17.3 Å². The van der Waals surface area contributed by atoms with Crippen molar-refractivity contribution in [2.75, 3.05) is 19.5 Å². The van der Waals surface area contributed by atoms with Crippen molar-refractivity contribution < 1.29 is 9.53 Å². The summed E-state index contributed by atoms with van der Waals surface area (Å²) in [5, 5.41) is 5.97. The van der Waals surface area contributed by atoms with Crippen molar-refractivity contribution in [1.82, 2.24) is 24.4 Å². The van der Waals surface area contributed by atoms with Crippen LogP contribution in [0.4, 0.5) is 5.82 Å². The van der Waals surface area contributed by atoms with E-state index in [2.05, 4.69) is 20.6 Å². The average Bonchev–Trinajstić information content (AvgIpc) is 2.88. The number of methoxy groups -OCH3 is 1. The van der Waals surface area contributed by atoms with E-state index in [1.54, 1.807) is 57.7 Å². The standard InChI is InChI=1S/C24H24N6O4/c1-25-21-10-16(8-9-26-21)12-28-22(31)19-11-18-20(13-27-19)29(2)24(33)30(23(18)32)14-15-4-6-17(34-3)7-5-15/h4-11,13H,12,14H2,1-3H3,(H,25,26)(H,28,31). The fourth-order valence-corrected chi connectivity index (χ4v) is 3.57. The Morgan fingerprint density at radius 2 is 1.82 bits per heavy atom. The minimum atomic E-state index is -0.488. The van der Waals surface area contributed by atoms with Gasteiger partial charge in [0.25, 0.3) is 11.5 Å². The number of fused-ring (bicyclic) bond motifs is 1. The lowest BCUT2D eigenvalue weighted by Gasteiger charge is -2.12. The lowest BCUT2D eigenvalue weighted by Crippen LogP contribution is -2.39. The molecule has 1 aromatic carbocycles. The van der Waals surface area contributed by atoms with E-state index in [4.69, 9.17) is 4.74 Å². The number of aryl methyl sites for hydroxylation is 1. The lowest BCUT2D eigenvalue weighted by atomic mass is 10.2. The Morgan fingerprint density at radius 1 is 1.06 bits per heavy atom. The second-order valence-electron chi connectivity index (χ2n) is 7.65. The van der Waals surface area contributed by atoms with Crippen LogP contribution in [0.1, 0.15) is 21.6 Å². The monoisotopic (exact) mass is 460 g/mol. The van der Waals surface area contributed by atoms with Crippen LogP contribution in [0.15, 0.2) is 64.4 Å². The van der Waals surface area contributed by atoms with Gasteiger partial charge in [0, 0.05) is 26.8 Å². The Balaban J connectivity index is 1.64. The first-order valence-corrected chi connectivity index (χ1v) is 10.5. The zero-order chi connectivity index (χ0) is 24.2. The summed E-state index contributed by atoms with van der Waals surface area (Å²) in [5.41, 5.74) is 1.11. The summed E-state index contributed by atoms with van der Waals surface area (Å²) in [4.78, 5) is 47.1. The topological polar surface area (TPSA) is 120 Å². The van der Waals surface area contributed by atoms with Gasteiger partial charge in [0.05, 0.1) is 30.8 Å². The predicted molar refractivity (Wildman–Crippen MR) is 128 cm³/mol. The molecule has 174 valence electrons. The van der Waals surface area contributed by atoms with E-state index in [1.807, 2.05) is 6.07 Å². The molecule has 4 aromatic rings. The number of anilines is 1. The molecule has 2 N–H and O–H groups in total. The molecule has 0 aliphatic carbocycles. The molecule has 4 rings (SSSR count). The van der Waals surface area contributed by atoms with E-state index < -0.39 is 17.2 Å². The minimum absolute atomic E-state index is 0.0853. The fourth-order valence-electron chi connectivity index (χ4n) is 3.57. The Labute approximate surface area is 194 Å². The van der Waals surface area contributed by atoms with Crippen LogP contribution in [-0.4, -0.2) is 39.2 Å². The molecule has 0 fully saturated rings. The van der Waals surface area contributed by atoms with Gasteiger partial charge in [-0.2, -0.15) is 0 Å². The van der Waals surface area contributed by atoms with Crippen molar-refractivity contribution in [3.8, 4) is 5.75 Å². The summed E-state index contributed by atoms with van der Waals surface area (Å²) in [5.74, 6) is 0.937. The molecule has 0 atom stereocenters. The number of nitrogens with zero attached hydrogens (tertiary/aromatic N) is 4. The van der Waals surface area contributed by atoms with Crippen LogP contribution in [0.25, 0.3) is 10.9 Å². The van der Waals surface area contributed by atoms with Crippen molar-refractivity contribution in [1.29, 1.82) is 0 Å². The van der Waals surface area contributed by atoms with Gasteiger partial charge < -0.3 is 15.4 Å². The van der Waals surface area contributed by atoms with E-state index in [9.17, 15) is 14.4 Å². The number of aromatic nitrogens is 4. The van der Waals surface area contributed by atoms with Gasteiger partial charge in [-0.3, -0.25) is 18.7 Å². The zero-order valence-electron chi connectivity index (χ0n) is 19.0. The Hall–Kier alpha value is -4.47. The molecule has 1 amide bonds. The second kappa shape index (κ2) is 9.57. The van der Waals surface area contributed by atoms with Crippen LogP contribution in [-0.2, 0) is 20.1 Å². The molecule has 34 heavy (non-hydrogen) atoms. The summed E-state index contributed by atoms with van der Waals surface area (Å²) in [6.07, 6.45) is 3.02. The fraction of sp³-hybridized carbons (Fsp3) is 0.208. The smallest absolute Gasteiger partial charge is 0.331 e. The Morgan fingerprint density at radius 3 is 2.53 bits per heavy atom. The minimum Gasteiger partial charge on any atom is -0.497 e. The summed E-state index contributed by atoms with van der Waals surface area (Å²) >= 11 is 0. The highest BCUT2D eigenvalue weighted by Gasteiger charge is 2.15. The van der Waals surface area contributed by atoms with E-state index in [-0.39, 0.29) is 24.2 Å².